The van der Waals surface area contributed by atoms with E-state index < -0.39 is 25.2 Å². The highest BCUT2D eigenvalue weighted by molar-refractivity contribution is 5.87. The summed E-state index contributed by atoms with van der Waals surface area (Å²) in [5.74, 6) is -1.07. The zero-order valence-corrected chi connectivity index (χ0v) is 6.52. The van der Waals surface area contributed by atoms with Crippen molar-refractivity contribution in [3.05, 3.63) is 12.2 Å². The number of carbonyl (C=O) groups is 1. The predicted octanol–water partition coefficient (Wildman–Crippen LogP) is 1.71. The van der Waals surface area contributed by atoms with Crippen LogP contribution in [0.15, 0.2) is 12.2 Å². The standard InChI is InChI=1S/C7H9F3O2/c1-4(2)7(11)12-6(10)5(9)3-8/h5-6H,1,3H2,2H3. The van der Waals surface area contributed by atoms with Crippen LogP contribution in [0, 0.1) is 0 Å². The molecule has 2 atom stereocenters. The Morgan fingerprint density at radius 3 is 2.42 bits per heavy atom. The number of hydrogen-bond acceptors (Lipinski definition) is 2. The van der Waals surface area contributed by atoms with Gasteiger partial charge in [0.05, 0.1) is 0 Å². The van der Waals surface area contributed by atoms with Crippen molar-refractivity contribution in [2.75, 3.05) is 6.67 Å². The maximum Gasteiger partial charge on any atom is 0.335 e. The molecule has 0 aliphatic heterocycles. The van der Waals surface area contributed by atoms with Gasteiger partial charge in [-0.3, -0.25) is 0 Å². The molecule has 0 aromatic rings. The summed E-state index contributed by atoms with van der Waals surface area (Å²) in [5, 5.41) is 0. The van der Waals surface area contributed by atoms with E-state index in [1.54, 1.807) is 0 Å². The predicted molar refractivity (Wildman–Crippen MR) is 36.7 cm³/mol. The number of carbonyl (C=O) groups excluding carboxylic acids is 1. The normalized spacial score (nSPS) is 15.0. The van der Waals surface area contributed by atoms with Gasteiger partial charge in [-0.1, -0.05) is 6.58 Å². The summed E-state index contributed by atoms with van der Waals surface area (Å²) >= 11 is 0. The maximum atomic E-state index is 12.3. The van der Waals surface area contributed by atoms with E-state index in [0.717, 1.165) is 0 Å². The molecule has 0 N–H and O–H groups in total. The Hall–Kier alpha value is -1.00. The maximum absolute atomic E-state index is 12.3. The van der Waals surface area contributed by atoms with Gasteiger partial charge in [0.1, 0.15) is 6.67 Å². The fraction of sp³-hybridized carbons (Fsp3) is 0.571. The molecular weight excluding hydrogens is 173 g/mol. The first kappa shape index (κ1) is 11.0. The van der Waals surface area contributed by atoms with Crippen molar-refractivity contribution in [2.45, 2.75) is 19.5 Å². The van der Waals surface area contributed by atoms with Crippen LogP contribution in [0.4, 0.5) is 13.2 Å². The molecular formula is C7H9F3O2. The van der Waals surface area contributed by atoms with Gasteiger partial charge in [-0.05, 0) is 6.92 Å². The van der Waals surface area contributed by atoms with Crippen LogP contribution >= 0.6 is 0 Å². The summed E-state index contributed by atoms with van der Waals surface area (Å²) in [7, 11) is 0. The molecule has 0 amide bonds. The van der Waals surface area contributed by atoms with Crippen molar-refractivity contribution in [1.82, 2.24) is 0 Å². The molecule has 0 radical (unpaired) electrons. The molecule has 2 unspecified atom stereocenters. The molecule has 0 aromatic carbocycles. The van der Waals surface area contributed by atoms with E-state index in [-0.39, 0.29) is 5.57 Å². The molecule has 0 rings (SSSR count). The number of rotatable bonds is 4. The zero-order valence-electron chi connectivity index (χ0n) is 6.52. The Morgan fingerprint density at radius 2 is 2.08 bits per heavy atom. The summed E-state index contributed by atoms with van der Waals surface area (Å²) in [6.45, 7) is 2.89. The smallest absolute Gasteiger partial charge is 0.335 e. The van der Waals surface area contributed by atoms with Crippen molar-refractivity contribution in [1.29, 1.82) is 0 Å². The first-order chi connectivity index (χ1) is 5.49. The molecule has 12 heavy (non-hydrogen) atoms. The molecule has 0 aliphatic carbocycles. The first-order valence-electron chi connectivity index (χ1n) is 3.19. The molecule has 0 aliphatic rings. The van der Waals surface area contributed by atoms with Crippen molar-refractivity contribution in [3.63, 3.8) is 0 Å². The van der Waals surface area contributed by atoms with Gasteiger partial charge in [-0.25, -0.2) is 13.6 Å². The Labute approximate surface area is 68.0 Å². The quantitative estimate of drug-likeness (QED) is 0.488. The second kappa shape index (κ2) is 4.79. The van der Waals surface area contributed by atoms with Gasteiger partial charge in [-0.15, -0.1) is 0 Å². The Morgan fingerprint density at radius 1 is 1.58 bits per heavy atom. The summed E-state index contributed by atoms with van der Waals surface area (Å²) in [5.41, 5.74) is -0.0660. The van der Waals surface area contributed by atoms with E-state index in [0.29, 0.717) is 0 Å². The molecule has 5 heteroatoms. The van der Waals surface area contributed by atoms with E-state index in [2.05, 4.69) is 11.3 Å². The van der Waals surface area contributed by atoms with Gasteiger partial charge in [0, 0.05) is 5.57 Å². The van der Waals surface area contributed by atoms with Crippen LogP contribution in [0.1, 0.15) is 6.92 Å². The highest BCUT2D eigenvalue weighted by atomic mass is 19.2. The Balaban J connectivity index is 3.92. The van der Waals surface area contributed by atoms with E-state index >= 15 is 0 Å². The molecule has 0 heterocycles. The van der Waals surface area contributed by atoms with E-state index in [9.17, 15) is 18.0 Å². The molecule has 0 spiro atoms. The van der Waals surface area contributed by atoms with Gasteiger partial charge in [-0.2, -0.15) is 4.39 Å². The van der Waals surface area contributed by atoms with Crippen molar-refractivity contribution in [3.8, 4) is 0 Å². The summed E-state index contributed by atoms with van der Waals surface area (Å²) in [4.78, 5) is 10.5. The lowest BCUT2D eigenvalue weighted by Crippen LogP contribution is -2.25. The van der Waals surface area contributed by atoms with Crippen molar-refractivity contribution >= 4 is 5.97 Å². The second-order valence-corrected chi connectivity index (χ2v) is 2.21. The number of esters is 1. The third-order valence-corrected chi connectivity index (χ3v) is 1.000. The summed E-state index contributed by atoms with van der Waals surface area (Å²) < 4.78 is 39.7. The minimum atomic E-state index is -2.56. The van der Waals surface area contributed by atoms with E-state index in [1.165, 1.54) is 6.92 Å². The zero-order chi connectivity index (χ0) is 9.72. The minimum Gasteiger partial charge on any atom is -0.424 e. The highest BCUT2D eigenvalue weighted by Gasteiger charge is 2.24. The fourth-order valence-corrected chi connectivity index (χ4v) is 0.347. The third-order valence-electron chi connectivity index (χ3n) is 1.000. The second-order valence-electron chi connectivity index (χ2n) is 2.21. The van der Waals surface area contributed by atoms with Crippen LogP contribution in [0.25, 0.3) is 0 Å². The monoisotopic (exact) mass is 182 g/mol. The number of halogens is 3. The molecule has 0 saturated heterocycles. The van der Waals surface area contributed by atoms with Crippen LogP contribution in [0.5, 0.6) is 0 Å². The van der Waals surface area contributed by atoms with Crippen LogP contribution in [0.3, 0.4) is 0 Å². The van der Waals surface area contributed by atoms with Gasteiger partial charge >= 0.3 is 5.97 Å². The molecule has 0 aromatic heterocycles. The fourth-order valence-electron chi connectivity index (χ4n) is 0.347. The van der Waals surface area contributed by atoms with Gasteiger partial charge < -0.3 is 4.74 Å². The average molecular weight is 182 g/mol. The summed E-state index contributed by atoms with van der Waals surface area (Å²) in [6.07, 6.45) is -4.98. The molecule has 0 fully saturated rings. The lowest BCUT2D eigenvalue weighted by molar-refractivity contribution is -0.160. The lowest BCUT2D eigenvalue weighted by atomic mass is 10.3. The number of alkyl halides is 3. The largest absolute Gasteiger partial charge is 0.424 e. The van der Waals surface area contributed by atoms with E-state index in [1.807, 2.05) is 0 Å². The average Bonchev–Trinajstić information content (AvgIpc) is 2.02. The van der Waals surface area contributed by atoms with Crippen molar-refractivity contribution in [2.24, 2.45) is 0 Å². The molecule has 2 nitrogen and oxygen atoms in total. The van der Waals surface area contributed by atoms with Crippen LogP contribution in [0.2, 0.25) is 0 Å². The Kier molecular flexibility index (Phi) is 4.39. The lowest BCUT2D eigenvalue weighted by Gasteiger charge is -2.10. The summed E-state index contributed by atoms with van der Waals surface area (Å²) in [6, 6.07) is 0. The SMILES string of the molecule is C=C(C)C(=O)OC(F)C(F)CF. The van der Waals surface area contributed by atoms with Crippen LogP contribution in [-0.2, 0) is 9.53 Å². The highest BCUT2D eigenvalue weighted by Crippen LogP contribution is 2.08. The molecule has 70 valence electrons. The molecule has 0 bridgehead atoms. The number of hydrogen-bond donors (Lipinski definition) is 0. The van der Waals surface area contributed by atoms with Gasteiger partial charge in [0.25, 0.3) is 6.36 Å². The van der Waals surface area contributed by atoms with E-state index in [4.69, 9.17) is 0 Å². The van der Waals surface area contributed by atoms with Gasteiger partial charge in [0.2, 0.25) is 0 Å². The Bertz CT molecular complexity index is 181. The first-order valence-corrected chi connectivity index (χ1v) is 3.19. The van der Waals surface area contributed by atoms with Crippen molar-refractivity contribution < 1.29 is 22.7 Å². The van der Waals surface area contributed by atoms with Crippen LogP contribution in [-0.4, -0.2) is 25.2 Å². The van der Waals surface area contributed by atoms with Crippen LogP contribution < -0.4 is 0 Å². The minimum absolute atomic E-state index is 0.0660. The number of ether oxygens (including phenoxy) is 1. The topological polar surface area (TPSA) is 26.3 Å². The third kappa shape index (κ3) is 3.41. The molecule has 0 saturated carbocycles. The van der Waals surface area contributed by atoms with Gasteiger partial charge in [0.15, 0.2) is 6.17 Å².